The zero-order valence-electron chi connectivity index (χ0n) is 14.8. The van der Waals surface area contributed by atoms with Crippen molar-refractivity contribution in [3.05, 3.63) is 65.7 Å². The number of rotatable bonds is 9. The zero-order valence-corrected chi connectivity index (χ0v) is 14.8. The predicted molar refractivity (Wildman–Crippen MR) is 101 cm³/mol. The van der Waals surface area contributed by atoms with E-state index in [1.807, 2.05) is 0 Å². The number of nitrogens with one attached hydrogen (secondary N) is 1. The molecule has 0 radical (unpaired) electrons. The van der Waals surface area contributed by atoms with Crippen LogP contribution in [0.25, 0.3) is 0 Å². The summed E-state index contributed by atoms with van der Waals surface area (Å²) in [6.07, 6.45) is 2.30. The van der Waals surface area contributed by atoms with Crippen LogP contribution in [0, 0.1) is 0 Å². The summed E-state index contributed by atoms with van der Waals surface area (Å²) in [7, 11) is 0. The largest absolute Gasteiger partial charge is 0.372 e. The smallest absolute Gasteiger partial charge is 0.0366 e. The highest BCUT2D eigenvalue weighted by Gasteiger charge is 2.04. The molecule has 1 N–H and O–H groups in total. The molecule has 124 valence electrons. The molecule has 0 bridgehead atoms. The third kappa shape index (κ3) is 5.72. The van der Waals surface area contributed by atoms with E-state index >= 15 is 0 Å². The van der Waals surface area contributed by atoms with E-state index in [9.17, 15) is 0 Å². The quantitative estimate of drug-likeness (QED) is 0.725. The summed E-state index contributed by atoms with van der Waals surface area (Å²) in [5.74, 6) is 0. The molecule has 2 aromatic carbocycles. The Kier molecular flexibility index (Phi) is 7.15. The highest BCUT2D eigenvalue weighted by atomic mass is 15.1. The minimum absolute atomic E-state index is 0.526. The van der Waals surface area contributed by atoms with Crippen molar-refractivity contribution in [2.45, 2.75) is 46.2 Å². The normalized spacial score (nSPS) is 12.1. The number of aryl methyl sites for hydroxylation is 1. The van der Waals surface area contributed by atoms with Gasteiger partial charge in [0.1, 0.15) is 0 Å². The van der Waals surface area contributed by atoms with Gasteiger partial charge in [0.2, 0.25) is 0 Å². The summed E-state index contributed by atoms with van der Waals surface area (Å²) in [6, 6.07) is 20.2. The summed E-state index contributed by atoms with van der Waals surface area (Å²) in [4.78, 5) is 2.37. The van der Waals surface area contributed by atoms with Crippen molar-refractivity contribution in [1.29, 1.82) is 0 Å². The predicted octanol–water partition coefficient (Wildman–Crippen LogP) is 4.64. The molecular weight excluding hydrogens is 280 g/mol. The Hall–Kier alpha value is -1.80. The first-order valence-electron chi connectivity index (χ1n) is 8.84. The minimum atomic E-state index is 0.526. The van der Waals surface area contributed by atoms with Crippen LogP contribution in [0.4, 0.5) is 5.69 Å². The van der Waals surface area contributed by atoms with Crippen molar-refractivity contribution >= 4 is 5.69 Å². The van der Waals surface area contributed by atoms with Gasteiger partial charge in [-0.2, -0.15) is 0 Å². The van der Waals surface area contributed by atoms with Gasteiger partial charge in [0, 0.05) is 31.4 Å². The third-order valence-electron chi connectivity index (χ3n) is 4.43. The van der Waals surface area contributed by atoms with Crippen molar-refractivity contribution in [3.63, 3.8) is 0 Å². The molecule has 0 saturated carbocycles. The standard InChI is InChI=1S/C21H30N2/c1-4-23(5-2)21-15-13-20(14-16-21)17-22-18(3)11-12-19-9-7-6-8-10-19/h6-10,13-16,18,22H,4-5,11-12,17H2,1-3H3. The SMILES string of the molecule is CCN(CC)c1ccc(CNC(C)CCc2ccccc2)cc1. The lowest BCUT2D eigenvalue weighted by Gasteiger charge is -2.21. The zero-order chi connectivity index (χ0) is 16.5. The Bertz CT molecular complexity index is 544. The average Bonchev–Trinajstić information content (AvgIpc) is 2.61. The molecular formula is C21H30N2. The molecule has 23 heavy (non-hydrogen) atoms. The first-order chi connectivity index (χ1) is 11.2. The van der Waals surface area contributed by atoms with Crippen molar-refractivity contribution in [2.75, 3.05) is 18.0 Å². The molecule has 1 unspecified atom stereocenters. The fraction of sp³-hybridized carbons (Fsp3) is 0.429. The lowest BCUT2D eigenvalue weighted by atomic mass is 10.1. The topological polar surface area (TPSA) is 15.3 Å². The van der Waals surface area contributed by atoms with Crippen molar-refractivity contribution in [3.8, 4) is 0 Å². The molecule has 0 saturated heterocycles. The molecule has 0 amide bonds. The first-order valence-corrected chi connectivity index (χ1v) is 8.84. The third-order valence-corrected chi connectivity index (χ3v) is 4.43. The maximum atomic E-state index is 3.63. The van der Waals surface area contributed by atoms with Crippen LogP contribution in [0.5, 0.6) is 0 Å². The van der Waals surface area contributed by atoms with Crippen LogP contribution in [0.2, 0.25) is 0 Å². The van der Waals surface area contributed by atoms with Gasteiger partial charge in [0.25, 0.3) is 0 Å². The van der Waals surface area contributed by atoms with Crippen LogP contribution in [0.3, 0.4) is 0 Å². The van der Waals surface area contributed by atoms with Crippen LogP contribution < -0.4 is 10.2 Å². The molecule has 2 nitrogen and oxygen atoms in total. The number of nitrogens with zero attached hydrogens (tertiary/aromatic N) is 1. The van der Waals surface area contributed by atoms with Crippen molar-refractivity contribution in [2.24, 2.45) is 0 Å². The summed E-state index contributed by atoms with van der Waals surface area (Å²) in [5.41, 5.74) is 4.09. The molecule has 0 aliphatic heterocycles. The van der Waals surface area contributed by atoms with Gasteiger partial charge in [0.05, 0.1) is 0 Å². The van der Waals surface area contributed by atoms with Crippen molar-refractivity contribution < 1.29 is 0 Å². The molecule has 0 heterocycles. The number of benzene rings is 2. The van der Waals surface area contributed by atoms with Gasteiger partial charge in [-0.25, -0.2) is 0 Å². The van der Waals surface area contributed by atoms with Gasteiger partial charge >= 0.3 is 0 Å². The first kappa shape index (κ1) is 17.6. The summed E-state index contributed by atoms with van der Waals surface area (Å²) >= 11 is 0. The maximum absolute atomic E-state index is 3.63. The van der Waals surface area contributed by atoms with Gasteiger partial charge < -0.3 is 10.2 Å². The van der Waals surface area contributed by atoms with Gasteiger partial charge in [0.15, 0.2) is 0 Å². The van der Waals surface area contributed by atoms with E-state index < -0.39 is 0 Å². The highest BCUT2D eigenvalue weighted by Crippen LogP contribution is 2.15. The molecule has 0 aromatic heterocycles. The van der Waals surface area contributed by atoms with Gasteiger partial charge in [-0.05, 0) is 56.9 Å². The maximum Gasteiger partial charge on any atom is 0.0366 e. The summed E-state index contributed by atoms with van der Waals surface area (Å²) in [6.45, 7) is 9.73. The second-order valence-electron chi connectivity index (χ2n) is 6.14. The minimum Gasteiger partial charge on any atom is -0.372 e. The van der Waals surface area contributed by atoms with Crippen LogP contribution in [-0.4, -0.2) is 19.1 Å². The fourth-order valence-corrected chi connectivity index (χ4v) is 2.84. The molecule has 2 heteroatoms. The summed E-state index contributed by atoms with van der Waals surface area (Å²) < 4.78 is 0. The van der Waals surface area contributed by atoms with Gasteiger partial charge in [-0.15, -0.1) is 0 Å². The van der Waals surface area contributed by atoms with Crippen LogP contribution >= 0.6 is 0 Å². The molecule has 2 aromatic rings. The fourth-order valence-electron chi connectivity index (χ4n) is 2.84. The lowest BCUT2D eigenvalue weighted by Crippen LogP contribution is -2.26. The molecule has 2 rings (SSSR count). The van der Waals surface area contributed by atoms with Gasteiger partial charge in [-0.3, -0.25) is 0 Å². The lowest BCUT2D eigenvalue weighted by molar-refractivity contribution is 0.514. The Labute approximate surface area is 141 Å². The van der Waals surface area contributed by atoms with Gasteiger partial charge in [-0.1, -0.05) is 42.5 Å². The number of anilines is 1. The van der Waals surface area contributed by atoms with Crippen LogP contribution in [0.1, 0.15) is 38.3 Å². The second kappa shape index (κ2) is 9.36. The Morgan fingerprint density at radius 3 is 2.13 bits per heavy atom. The number of hydrogen-bond acceptors (Lipinski definition) is 2. The molecule has 1 atom stereocenters. The van der Waals surface area contributed by atoms with E-state index in [0.717, 1.165) is 26.1 Å². The Morgan fingerprint density at radius 2 is 1.52 bits per heavy atom. The van der Waals surface area contributed by atoms with Crippen LogP contribution in [-0.2, 0) is 13.0 Å². The van der Waals surface area contributed by atoms with E-state index in [0.29, 0.717) is 6.04 Å². The summed E-state index contributed by atoms with van der Waals surface area (Å²) in [5, 5.41) is 3.63. The highest BCUT2D eigenvalue weighted by molar-refractivity contribution is 5.47. The Morgan fingerprint density at radius 1 is 0.870 bits per heavy atom. The van der Waals surface area contributed by atoms with E-state index in [1.54, 1.807) is 0 Å². The van der Waals surface area contributed by atoms with E-state index in [4.69, 9.17) is 0 Å². The van der Waals surface area contributed by atoms with Crippen LogP contribution in [0.15, 0.2) is 54.6 Å². The monoisotopic (exact) mass is 310 g/mol. The molecule has 0 spiro atoms. The Balaban J connectivity index is 1.76. The number of hydrogen-bond donors (Lipinski definition) is 1. The molecule has 0 fully saturated rings. The second-order valence-corrected chi connectivity index (χ2v) is 6.14. The average molecular weight is 310 g/mol. The molecule has 0 aliphatic rings. The molecule has 0 aliphatic carbocycles. The van der Waals surface area contributed by atoms with E-state index in [2.05, 4.69) is 85.6 Å². The van der Waals surface area contributed by atoms with E-state index in [-0.39, 0.29) is 0 Å². The van der Waals surface area contributed by atoms with E-state index in [1.165, 1.54) is 23.2 Å². The van der Waals surface area contributed by atoms with Crippen molar-refractivity contribution in [1.82, 2.24) is 5.32 Å².